The van der Waals surface area contributed by atoms with Gasteiger partial charge in [-0.15, -0.1) is 37.2 Å². The van der Waals surface area contributed by atoms with E-state index in [1.165, 1.54) is 0 Å². The first kappa shape index (κ1) is 37.5. The molecule has 0 saturated carbocycles. The number of hydrogen-bond donors (Lipinski definition) is 2. The van der Waals surface area contributed by atoms with Crippen molar-refractivity contribution in [2.45, 2.75) is 0 Å². The smallest absolute Gasteiger partial charge is 0.638 e. The van der Waals surface area contributed by atoms with Crippen molar-refractivity contribution in [2.24, 2.45) is 0 Å². The molecule has 12 heavy (non-hydrogen) atoms. The maximum atomic E-state index is 3.95. The molecule has 0 aliphatic carbocycles. The summed E-state index contributed by atoms with van der Waals surface area (Å²) in [6, 6.07) is 0. The van der Waals surface area contributed by atoms with Crippen molar-refractivity contribution in [1.29, 1.82) is 0 Å². The number of nitrogens with one attached hydrogen (secondary N) is 2. The largest absolute Gasteiger partial charge is 3.00 e. The number of halogens is 3. The summed E-state index contributed by atoms with van der Waals surface area (Å²) in [6.07, 6.45) is 0. The van der Waals surface area contributed by atoms with Crippen molar-refractivity contribution < 1.29 is 21.7 Å². The van der Waals surface area contributed by atoms with Crippen LogP contribution in [0.25, 0.3) is 5.32 Å². The summed E-state index contributed by atoms with van der Waals surface area (Å²) < 4.78 is 0. The van der Waals surface area contributed by atoms with E-state index in [0.717, 1.165) is 20.0 Å². The Kier molecular flexibility index (Phi) is 92.0. The van der Waals surface area contributed by atoms with Crippen LogP contribution in [0.5, 0.6) is 0 Å². The van der Waals surface area contributed by atoms with Gasteiger partial charge in [-0.2, -0.15) is 0 Å². The van der Waals surface area contributed by atoms with Gasteiger partial charge in [0.15, 0.2) is 0 Å². The first-order chi connectivity index (χ1) is 3.00. The van der Waals surface area contributed by atoms with Crippen LogP contribution in [0.4, 0.5) is 0 Å². The van der Waals surface area contributed by atoms with Crippen molar-refractivity contribution in [1.82, 2.24) is 10.6 Å². The van der Waals surface area contributed by atoms with Gasteiger partial charge in [-0.1, -0.05) is 13.3 Å². The summed E-state index contributed by atoms with van der Waals surface area (Å²) in [5, 5.41) is 9.97. The fraction of sp³-hybridized carbons (Fsp3) is 0.600. The van der Waals surface area contributed by atoms with Crippen molar-refractivity contribution in [3.8, 4) is 0 Å². The third-order valence-corrected chi connectivity index (χ3v) is 0.697. The molecule has 7 heteroatoms. The van der Waals surface area contributed by atoms with E-state index in [1.54, 1.807) is 0 Å². The number of rotatable bonds is 0. The molecular formula is C5H17Cl3N3Ti. The van der Waals surface area contributed by atoms with Gasteiger partial charge in [0.05, 0.1) is 0 Å². The van der Waals surface area contributed by atoms with Gasteiger partial charge in [0, 0.05) is 6.67 Å². The van der Waals surface area contributed by atoms with Crippen molar-refractivity contribution in [2.75, 3.05) is 20.0 Å². The average Bonchev–Trinajstić information content (AvgIpc) is 1.72. The second-order valence-corrected chi connectivity index (χ2v) is 1.22. The zero-order valence-corrected chi connectivity index (χ0v) is 11.3. The molecule has 0 unspecified atom stereocenters. The Hall–Kier alpha value is 1.46. The summed E-state index contributed by atoms with van der Waals surface area (Å²) >= 11 is 0. The van der Waals surface area contributed by atoms with E-state index in [1.807, 2.05) is 0 Å². The van der Waals surface area contributed by atoms with Crippen LogP contribution in [0, 0.1) is 14.9 Å². The van der Waals surface area contributed by atoms with Crippen LogP contribution in [-0.4, -0.2) is 20.0 Å². The molecule has 0 aromatic carbocycles. The third kappa shape index (κ3) is 22.5. The van der Waals surface area contributed by atoms with Gasteiger partial charge < -0.3 is 30.8 Å². The van der Waals surface area contributed by atoms with Gasteiger partial charge in [0.25, 0.3) is 0 Å². The molecule has 0 spiro atoms. The van der Waals surface area contributed by atoms with Crippen molar-refractivity contribution in [3.05, 3.63) is 20.2 Å². The Morgan fingerprint density at radius 2 is 1.17 bits per heavy atom. The standard InChI is InChI=1S/C3H8N3.2CH3.3ClH.Ti/c1-4-2-6-3-5-1;;;;;;/h4-5H,1-3H2;2*1H3;3*1H;/q3*-1;;;;+3. The summed E-state index contributed by atoms with van der Waals surface area (Å²) in [6.45, 7) is 2.53. The fourth-order valence-electron chi connectivity index (χ4n) is 0.414. The molecule has 3 nitrogen and oxygen atoms in total. The van der Waals surface area contributed by atoms with E-state index in [-0.39, 0.29) is 73.8 Å². The molecule has 1 saturated heterocycles. The van der Waals surface area contributed by atoms with Crippen LogP contribution < -0.4 is 10.6 Å². The van der Waals surface area contributed by atoms with Crippen molar-refractivity contribution >= 4 is 37.2 Å². The van der Waals surface area contributed by atoms with E-state index in [2.05, 4.69) is 16.0 Å². The van der Waals surface area contributed by atoms with E-state index in [0.29, 0.717) is 0 Å². The molecule has 0 aromatic heterocycles. The molecule has 1 fully saturated rings. The molecule has 1 radical (unpaired) electrons. The van der Waals surface area contributed by atoms with E-state index in [9.17, 15) is 0 Å². The molecule has 2 N–H and O–H groups in total. The zero-order valence-electron chi connectivity index (χ0n) is 7.29. The Bertz CT molecular complexity index is 37.4. The van der Waals surface area contributed by atoms with Gasteiger partial charge in [-0.05, 0) is 0 Å². The van der Waals surface area contributed by atoms with Crippen LogP contribution in [-0.2, 0) is 21.7 Å². The first-order valence-electron chi connectivity index (χ1n) is 2.05. The monoisotopic (exact) mass is 272 g/mol. The molecule has 77 valence electrons. The van der Waals surface area contributed by atoms with Gasteiger partial charge in [-0.25, -0.2) is 0 Å². The van der Waals surface area contributed by atoms with Crippen LogP contribution in [0.3, 0.4) is 0 Å². The molecule has 1 aliphatic heterocycles. The maximum absolute atomic E-state index is 3.95. The second kappa shape index (κ2) is 29.4. The average molecular weight is 273 g/mol. The number of hydrogen-bond acceptors (Lipinski definition) is 2. The Morgan fingerprint density at radius 3 is 1.25 bits per heavy atom. The van der Waals surface area contributed by atoms with Gasteiger partial charge in [0.1, 0.15) is 0 Å². The molecule has 0 amide bonds. The molecule has 1 heterocycles. The quantitative estimate of drug-likeness (QED) is 0.519. The van der Waals surface area contributed by atoms with E-state index >= 15 is 0 Å². The maximum Gasteiger partial charge on any atom is 3.00 e. The summed E-state index contributed by atoms with van der Waals surface area (Å²) in [5.41, 5.74) is 0. The molecule has 1 aliphatic rings. The topological polar surface area (TPSA) is 38.2 Å². The molecule has 0 aromatic rings. The predicted molar refractivity (Wildman–Crippen MR) is 58.8 cm³/mol. The summed E-state index contributed by atoms with van der Waals surface area (Å²) in [7, 11) is 0. The van der Waals surface area contributed by atoms with Gasteiger partial charge in [-0.3, -0.25) is 0 Å². The molecule has 1 rings (SSSR count). The van der Waals surface area contributed by atoms with E-state index < -0.39 is 0 Å². The first-order valence-corrected chi connectivity index (χ1v) is 2.05. The zero-order chi connectivity index (χ0) is 4.24. The van der Waals surface area contributed by atoms with Crippen LogP contribution in [0.1, 0.15) is 0 Å². The predicted octanol–water partition coefficient (Wildman–Crippen LogP) is 1.59. The number of nitrogens with zero attached hydrogens (tertiary/aromatic N) is 1. The Morgan fingerprint density at radius 1 is 0.833 bits per heavy atom. The minimum atomic E-state index is 0. The van der Waals surface area contributed by atoms with Crippen LogP contribution >= 0.6 is 37.2 Å². The second-order valence-electron chi connectivity index (χ2n) is 1.22. The SMILES string of the molecule is C1[N-]CNCN1.Cl.Cl.Cl.[CH3-].[CH3-].[Ti+3]. The molecular weight excluding hydrogens is 256 g/mol. The summed E-state index contributed by atoms with van der Waals surface area (Å²) in [5.74, 6) is 0. The Balaban J connectivity index is -0.0000000150. The van der Waals surface area contributed by atoms with E-state index in [4.69, 9.17) is 0 Å². The normalized spacial score (nSPS) is 12.0. The van der Waals surface area contributed by atoms with Crippen LogP contribution in [0.2, 0.25) is 0 Å². The van der Waals surface area contributed by atoms with Gasteiger partial charge in [0.2, 0.25) is 0 Å². The van der Waals surface area contributed by atoms with Gasteiger partial charge >= 0.3 is 21.7 Å². The molecule has 0 atom stereocenters. The molecule has 0 bridgehead atoms. The fourth-order valence-corrected chi connectivity index (χ4v) is 0.414. The minimum Gasteiger partial charge on any atom is -0.638 e. The summed E-state index contributed by atoms with van der Waals surface area (Å²) in [4.78, 5) is 0. The van der Waals surface area contributed by atoms with Crippen LogP contribution in [0.15, 0.2) is 0 Å². The minimum absolute atomic E-state index is 0. The third-order valence-electron chi connectivity index (χ3n) is 0.697. The Labute approximate surface area is 109 Å². The van der Waals surface area contributed by atoms with Crippen molar-refractivity contribution in [3.63, 3.8) is 0 Å².